The monoisotopic (exact) mass is 414 g/mol. The molecule has 6 nitrogen and oxygen atoms in total. The van der Waals surface area contributed by atoms with Crippen molar-refractivity contribution in [2.75, 3.05) is 11.6 Å². The molecule has 0 spiro atoms. The van der Waals surface area contributed by atoms with Crippen LogP contribution >= 0.6 is 11.3 Å². The fourth-order valence-electron chi connectivity index (χ4n) is 2.62. The molecule has 0 radical (unpaired) electrons. The standard InChI is InChI=1S/C20H18N2O4S2/c1-28(25,26)15-9-7-13(8-10-15)11-18(23)22-20-16(19(21)24)12-17(27-20)14-5-3-2-4-6-14/h2-10,12H,11H2,1H3,(H2,21,24)(H,22,23). The van der Waals surface area contributed by atoms with Crippen LogP contribution in [0.3, 0.4) is 0 Å². The Morgan fingerprint density at radius 2 is 1.68 bits per heavy atom. The Labute approximate surface area is 166 Å². The zero-order valence-electron chi connectivity index (χ0n) is 15.0. The Balaban J connectivity index is 1.78. The SMILES string of the molecule is CS(=O)(=O)c1ccc(CC(=O)Nc2sc(-c3ccccc3)cc2C(N)=O)cc1. The molecular formula is C20H18N2O4S2. The summed E-state index contributed by atoms with van der Waals surface area (Å²) in [6.07, 6.45) is 1.17. The van der Waals surface area contributed by atoms with Crippen LogP contribution in [0.15, 0.2) is 65.6 Å². The minimum atomic E-state index is -3.29. The predicted molar refractivity (Wildman–Crippen MR) is 110 cm³/mol. The highest BCUT2D eigenvalue weighted by Gasteiger charge is 2.17. The van der Waals surface area contributed by atoms with Gasteiger partial charge in [0.1, 0.15) is 5.00 Å². The van der Waals surface area contributed by atoms with Crippen LogP contribution in [0.1, 0.15) is 15.9 Å². The fourth-order valence-corrected chi connectivity index (χ4v) is 4.34. The van der Waals surface area contributed by atoms with Gasteiger partial charge in [0.2, 0.25) is 5.91 Å². The molecule has 144 valence electrons. The van der Waals surface area contributed by atoms with Gasteiger partial charge >= 0.3 is 0 Å². The number of carbonyl (C=O) groups is 2. The van der Waals surface area contributed by atoms with E-state index >= 15 is 0 Å². The van der Waals surface area contributed by atoms with E-state index < -0.39 is 15.7 Å². The topological polar surface area (TPSA) is 106 Å². The van der Waals surface area contributed by atoms with Gasteiger partial charge in [-0.05, 0) is 29.3 Å². The maximum Gasteiger partial charge on any atom is 0.251 e. The largest absolute Gasteiger partial charge is 0.366 e. The van der Waals surface area contributed by atoms with Crippen molar-refractivity contribution in [2.45, 2.75) is 11.3 Å². The van der Waals surface area contributed by atoms with Crippen LogP contribution in [0.4, 0.5) is 5.00 Å². The van der Waals surface area contributed by atoms with Gasteiger partial charge in [-0.25, -0.2) is 8.42 Å². The van der Waals surface area contributed by atoms with E-state index in [0.29, 0.717) is 10.6 Å². The summed E-state index contributed by atoms with van der Waals surface area (Å²) in [5, 5.41) is 3.13. The van der Waals surface area contributed by atoms with E-state index in [1.165, 1.54) is 23.5 Å². The van der Waals surface area contributed by atoms with E-state index in [1.54, 1.807) is 18.2 Å². The van der Waals surface area contributed by atoms with Crippen molar-refractivity contribution >= 4 is 38.0 Å². The second kappa shape index (κ2) is 7.95. The second-order valence-electron chi connectivity index (χ2n) is 6.22. The number of nitrogens with two attached hydrogens (primary N) is 1. The van der Waals surface area contributed by atoms with Crippen LogP contribution in [0.5, 0.6) is 0 Å². The summed E-state index contributed by atoms with van der Waals surface area (Å²) in [4.78, 5) is 25.2. The molecule has 3 rings (SSSR count). The smallest absolute Gasteiger partial charge is 0.251 e. The quantitative estimate of drug-likeness (QED) is 0.646. The minimum Gasteiger partial charge on any atom is -0.366 e. The van der Waals surface area contributed by atoms with Crippen molar-refractivity contribution in [3.05, 3.63) is 71.8 Å². The van der Waals surface area contributed by atoms with Gasteiger partial charge < -0.3 is 11.1 Å². The Morgan fingerprint density at radius 3 is 2.25 bits per heavy atom. The zero-order valence-corrected chi connectivity index (χ0v) is 16.6. The predicted octanol–water partition coefficient (Wildman–Crippen LogP) is 3.10. The molecule has 28 heavy (non-hydrogen) atoms. The lowest BCUT2D eigenvalue weighted by Gasteiger charge is -2.05. The third kappa shape index (κ3) is 4.65. The first-order valence-corrected chi connectivity index (χ1v) is 11.0. The number of thiophene rings is 1. The average Bonchev–Trinajstić information content (AvgIpc) is 3.06. The summed E-state index contributed by atoms with van der Waals surface area (Å²) in [6, 6.07) is 17.3. The zero-order chi connectivity index (χ0) is 20.3. The van der Waals surface area contributed by atoms with E-state index in [0.717, 1.165) is 16.7 Å². The van der Waals surface area contributed by atoms with Crippen molar-refractivity contribution in [2.24, 2.45) is 5.73 Å². The molecule has 0 aliphatic rings. The maximum absolute atomic E-state index is 12.4. The summed E-state index contributed by atoms with van der Waals surface area (Å²) in [7, 11) is -3.29. The number of nitrogens with one attached hydrogen (secondary N) is 1. The summed E-state index contributed by atoms with van der Waals surface area (Å²) < 4.78 is 23.0. The second-order valence-corrected chi connectivity index (χ2v) is 9.29. The Hall–Kier alpha value is -2.97. The van der Waals surface area contributed by atoms with Gasteiger partial charge in [-0.3, -0.25) is 9.59 Å². The van der Waals surface area contributed by atoms with Crippen LogP contribution in [0, 0.1) is 0 Å². The Morgan fingerprint density at radius 1 is 1.04 bits per heavy atom. The molecule has 1 heterocycles. The third-order valence-corrected chi connectivity index (χ3v) is 6.25. The lowest BCUT2D eigenvalue weighted by molar-refractivity contribution is -0.115. The van der Waals surface area contributed by atoms with E-state index in [-0.39, 0.29) is 22.8 Å². The highest BCUT2D eigenvalue weighted by Crippen LogP contribution is 2.35. The van der Waals surface area contributed by atoms with Gasteiger partial charge in [-0.2, -0.15) is 0 Å². The number of rotatable bonds is 6. The van der Waals surface area contributed by atoms with Crippen LogP contribution in [-0.4, -0.2) is 26.5 Å². The van der Waals surface area contributed by atoms with Gasteiger partial charge in [-0.15, -0.1) is 11.3 Å². The van der Waals surface area contributed by atoms with E-state index in [4.69, 9.17) is 5.73 Å². The van der Waals surface area contributed by atoms with Crippen molar-refractivity contribution < 1.29 is 18.0 Å². The van der Waals surface area contributed by atoms with Crippen LogP contribution < -0.4 is 11.1 Å². The summed E-state index contributed by atoms with van der Waals surface area (Å²) in [6.45, 7) is 0. The molecule has 0 aliphatic carbocycles. The molecule has 3 N–H and O–H groups in total. The number of sulfone groups is 1. The molecule has 0 atom stereocenters. The van der Waals surface area contributed by atoms with Gasteiger partial charge in [0.25, 0.3) is 5.91 Å². The molecule has 8 heteroatoms. The first kappa shape index (κ1) is 19.8. The summed E-state index contributed by atoms with van der Waals surface area (Å²) in [5.41, 5.74) is 7.29. The fraction of sp³-hybridized carbons (Fsp3) is 0.100. The number of primary amides is 1. The molecule has 0 aliphatic heterocycles. The number of amides is 2. The van der Waals surface area contributed by atoms with Crippen molar-refractivity contribution in [1.82, 2.24) is 0 Å². The first-order chi connectivity index (χ1) is 13.2. The van der Waals surface area contributed by atoms with E-state index in [1.807, 2.05) is 30.3 Å². The number of carbonyl (C=O) groups excluding carboxylic acids is 2. The third-order valence-electron chi connectivity index (χ3n) is 4.02. The minimum absolute atomic E-state index is 0.0425. The van der Waals surface area contributed by atoms with Crippen molar-refractivity contribution in [1.29, 1.82) is 0 Å². The normalized spacial score (nSPS) is 11.2. The van der Waals surface area contributed by atoms with Gasteiger partial charge in [-0.1, -0.05) is 42.5 Å². The number of hydrogen-bond donors (Lipinski definition) is 2. The Bertz CT molecular complexity index is 1120. The van der Waals surface area contributed by atoms with Gasteiger partial charge in [0.05, 0.1) is 16.9 Å². The van der Waals surface area contributed by atoms with Crippen LogP contribution in [0.2, 0.25) is 0 Å². The van der Waals surface area contributed by atoms with E-state index in [9.17, 15) is 18.0 Å². The number of anilines is 1. The molecule has 0 bridgehead atoms. The molecule has 0 saturated heterocycles. The van der Waals surface area contributed by atoms with Crippen molar-refractivity contribution in [3.8, 4) is 10.4 Å². The van der Waals surface area contributed by atoms with Crippen LogP contribution in [-0.2, 0) is 21.1 Å². The maximum atomic E-state index is 12.4. The highest BCUT2D eigenvalue weighted by molar-refractivity contribution is 7.90. The molecular weight excluding hydrogens is 396 g/mol. The van der Waals surface area contributed by atoms with E-state index in [2.05, 4.69) is 5.32 Å². The number of benzene rings is 2. The molecule has 0 fully saturated rings. The average molecular weight is 415 g/mol. The van der Waals surface area contributed by atoms with Gasteiger partial charge in [0, 0.05) is 11.1 Å². The van der Waals surface area contributed by atoms with Crippen LogP contribution in [0.25, 0.3) is 10.4 Å². The molecule has 2 amide bonds. The van der Waals surface area contributed by atoms with Gasteiger partial charge in [0.15, 0.2) is 9.84 Å². The lowest BCUT2D eigenvalue weighted by atomic mass is 10.1. The molecule has 3 aromatic rings. The summed E-state index contributed by atoms with van der Waals surface area (Å²) >= 11 is 1.27. The number of hydrogen-bond acceptors (Lipinski definition) is 5. The molecule has 2 aromatic carbocycles. The first-order valence-electron chi connectivity index (χ1n) is 8.32. The molecule has 0 unspecified atom stereocenters. The van der Waals surface area contributed by atoms with Crippen molar-refractivity contribution in [3.63, 3.8) is 0 Å². The summed E-state index contributed by atoms with van der Waals surface area (Å²) in [5.74, 6) is -0.942. The Kier molecular flexibility index (Phi) is 5.62. The lowest BCUT2D eigenvalue weighted by Crippen LogP contribution is -2.17. The molecule has 1 aromatic heterocycles. The molecule has 0 saturated carbocycles. The highest BCUT2D eigenvalue weighted by atomic mass is 32.2.